The third-order valence-corrected chi connectivity index (χ3v) is 3.06. The predicted octanol–water partition coefficient (Wildman–Crippen LogP) is 1.66. The molecule has 5 nitrogen and oxygen atoms in total. The number of nitrogens with one attached hydrogen (secondary N) is 1. The van der Waals surface area contributed by atoms with Crippen molar-refractivity contribution in [3.05, 3.63) is 64.1 Å². The van der Waals surface area contributed by atoms with Gasteiger partial charge in [0.05, 0.1) is 0 Å². The van der Waals surface area contributed by atoms with E-state index in [2.05, 4.69) is 5.32 Å². The van der Waals surface area contributed by atoms with Crippen molar-refractivity contribution in [2.75, 3.05) is 5.32 Å². The van der Waals surface area contributed by atoms with Crippen molar-refractivity contribution < 1.29 is 4.79 Å². The third kappa shape index (κ3) is 3.13. The number of benzene rings is 1. The van der Waals surface area contributed by atoms with E-state index in [0.717, 1.165) is 5.56 Å². The molecule has 1 aromatic carbocycles. The van der Waals surface area contributed by atoms with Gasteiger partial charge in [0.25, 0.3) is 11.5 Å². The molecule has 1 heterocycles. The molecule has 0 spiro atoms. The molecule has 2 aromatic rings. The van der Waals surface area contributed by atoms with Crippen LogP contribution in [-0.4, -0.2) is 10.5 Å². The van der Waals surface area contributed by atoms with Crippen LogP contribution in [0.1, 0.15) is 28.9 Å². The molecule has 0 aliphatic rings. The first kappa shape index (κ1) is 14.0. The van der Waals surface area contributed by atoms with E-state index < -0.39 is 0 Å². The Kier molecular flexibility index (Phi) is 4.00. The van der Waals surface area contributed by atoms with Crippen molar-refractivity contribution in [3.63, 3.8) is 0 Å². The van der Waals surface area contributed by atoms with Crippen molar-refractivity contribution in [3.8, 4) is 0 Å². The molecule has 20 heavy (non-hydrogen) atoms. The fourth-order valence-electron chi connectivity index (χ4n) is 1.76. The van der Waals surface area contributed by atoms with Gasteiger partial charge in [-0.2, -0.15) is 0 Å². The number of anilines is 1. The van der Waals surface area contributed by atoms with Gasteiger partial charge in [-0.1, -0.05) is 12.1 Å². The maximum absolute atomic E-state index is 12.0. The number of hydrogen-bond acceptors (Lipinski definition) is 3. The van der Waals surface area contributed by atoms with Gasteiger partial charge in [0.2, 0.25) is 0 Å². The molecule has 1 unspecified atom stereocenters. The molecular formula is C15H17N3O2. The minimum absolute atomic E-state index is 0.0445. The van der Waals surface area contributed by atoms with Crippen molar-refractivity contribution in [1.29, 1.82) is 0 Å². The van der Waals surface area contributed by atoms with Crippen LogP contribution < -0.4 is 16.6 Å². The predicted molar refractivity (Wildman–Crippen MR) is 78.7 cm³/mol. The number of nitrogens with zero attached hydrogens (tertiary/aromatic N) is 1. The molecule has 3 N–H and O–H groups in total. The summed E-state index contributed by atoms with van der Waals surface area (Å²) in [7, 11) is 1.64. The molecule has 1 atom stereocenters. The SMILES string of the molecule is CC(N)c1ccc(NC(=O)c2ccn(C)c(=O)c2)cc1. The Balaban J connectivity index is 2.14. The van der Waals surface area contributed by atoms with Gasteiger partial charge >= 0.3 is 0 Å². The second kappa shape index (κ2) is 5.71. The Morgan fingerprint density at radius 3 is 2.45 bits per heavy atom. The number of pyridine rings is 1. The highest BCUT2D eigenvalue weighted by molar-refractivity contribution is 6.04. The van der Waals surface area contributed by atoms with E-state index in [9.17, 15) is 9.59 Å². The van der Waals surface area contributed by atoms with Crippen LogP contribution in [-0.2, 0) is 7.05 Å². The summed E-state index contributed by atoms with van der Waals surface area (Å²) in [6, 6.07) is 10.2. The summed E-state index contributed by atoms with van der Waals surface area (Å²) in [5.41, 5.74) is 7.55. The highest BCUT2D eigenvalue weighted by Gasteiger charge is 2.07. The average molecular weight is 271 g/mol. The molecule has 0 saturated carbocycles. The number of aromatic nitrogens is 1. The fraction of sp³-hybridized carbons (Fsp3) is 0.200. The summed E-state index contributed by atoms with van der Waals surface area (Å²) in [4.78, 5) is 23.5. The van der Waals surface area contributed by atoms with Crippen molar-refractivity contribution >= 4 is 11.6 Å². The van der Waals surface area contributed by atoms with E-state index in [1.807, 2.05) is 19.1 Å². The summed E-state index contributed by atoms with van der Waals surface area (Å²) in [6.07, 6.45) is 1.57. The van der Waals surface area contributed by atoms with Crippen LogP contribution in [0.3, 0.4) is 0 Å². The van der Waals surface area contributed by atoms with E-state index in [1.54, 1.807) is 31.4 Å². The summed E-state index contributed by atoms with van der Waals surface area (Å²) >= 11 is 0. The van der Waals surface area contributed by atoms with Crippen molar-refractivity contribution in [2.24, 2.45) is 12.8 Å². The molecule has 0 radical (unpaired) electrons. The molecule has 1 aromatic heterocycles. The first-order valence-corrected chi connectivity index (χ1v) is 6.31. The van der Waals surface area contributed by atoms with Gasteiger partial charge in [0.15, 0.2) is 0 Å². The summed E-state index contributed by atoms with van der Waals surface area (Å²) < 4.78 is 1.41. The van der Waals surface area contributed by atoms with Crippen LogP contribution in [0.4, 0.5) is 5.69 Å². The molecule has 2 rings (SSSR count). The van der Waals surface area contributed by atoms with Crippen LogP contribution in [0.25, 0.3) is 0 Å². The molecule has 0 saturated heterocycles. The van der Waals surface area contributed by atoms with Gasteiger partial charge in [-0.25, -0.2) is 0 Å². The highest BCUT2D eigenvalue weighted by Crippen LogP contribution is 2.14. The van der Waals surface area contributed by atoms with Crippen LogP contribution in [0, 0.1) is 0 Å². The van der Waals surface area contributed by atoms with Crippen LogP contribution >= 0.6 is 0 Å². The number of nitrogens with two attached hydrogens (primary N) is 1. The number of rotatable bonds is 3. The normalized spacial score (nSPS) is 11.9. The molecule has 0 bridgehead atoms. The topological polar surface area (TPSA) is 77.1 Å². The Morgan fingerprint density at radius 1 is 1.25 bits per heavy atom. The molecule has 0 aliphatic heterocycles. The monoisotopic (exact) mass is 271 g/mol. The Hall–Kier alpha value is -2.40. The smallest absolute Gasteiger partial charge is 0.255 e. The Morgan fingerprint density at radius 2 is 1.90 bits per heavy atom. The largest absolute Gasteiger partial charge is 0.324 e. The zero-order valence-electron chi connectivity index (χ0n) is 11.5. The van der Waals surface area contributed by atoms with Gasteiger partial charge < -0.3 is 15.6 Å². The summed E-state index contributed by atoms with van der Waals surface area (Å²) in [5.74, 6) is -0.309. The average Bonchev–Trinajstić information content (AvgIpc) is 2.42. The van der Waals surface area contributed by atoms with E-state index in [-0.39, 0.29) is 17.5 Å². The van der Waals surface area contributed by atoms with Crippen LogP contribution in [0.5, 0.6) is 0 Å². The molecule has 0 fully saturated rings. The van der Waals surface area contributed by atoms with E-state index in [1.165, 1.54) is 10.6 Å². The Bertz CT molecular complexity index is 672. The second-order valence-corrected chi connectivity index (χ2v) is 4.73. The van der Waals surface area contributed by atoms with E-state index in [0.29, 0.717) is 11.3 Å². The zero-order chi connectivity index (χ0) is 14.7. The van der Waals surface area contributed by atoms with E-state index in [4.69, 9.17) is 5.73 Å². The van der Waals surface area contributed by atoms with Gasteiger partial charge in [0, 0.05) is 36.6 Å². The number of amides is 1. The molecule has 5 heteroatoms. The van der Waals surface area contributed by atoms with Crippen LogP contribution in [0.2, 0.25) is 0 Å². The second-order valence-electron chi connectivity index (χ2n) is 4.73. The fourth-order valence-corrected chi connectivity index (χ4v) is 1.76. The van der Waals surface area contributed by atoms with Gasteiger partial charge in [-0.05, 0) is 30.7 Å². The first-order chi connectivity index (χ1) is 9.47. The molecular weight excluding hydrogens is 254 g/mol. The van der Waals surface area contributed by atoms with Gasteiger partial charge in [0.1, 0.15) is 0 Å². The minimum Gasteiger partial charge on any atom is -0.324 e. The summed E-state index contributed by atoms with van der Waals surface area (Å²) in [5, 5.41) is 2.74. The van der Waals surface area contributed by atoms with Crippen molar-refractivity contribution in [2.45, 2.75) is 13.0 Å². The third-order valence-electron chi connectivity index (χ3n) is 3.06. The lowest BCUT2D eigenvalue weighted by atomic mass is 10.1. The number of aryl methyl sites for hydroxylation is 1. The quantitative estimate of drug-likeness (QED) is 0.891. The van der Waals surface area contributed by atoms with Gasteiger partial charge in [-0.15, -0.1) is 0 Å². The standard InChI is InChI=1S/C15H17N3O2/c1-10(16)11-3-5-13(6-4-11)17-15(20)12-7-8-18(2)14(19)9-12/h3-10H,16H2,1-2H3,(H,17,20). The molecule has 104 valence electrons. The number of hydrogen-bond donors (Lipinski definition) is 2. The Labute approximate surface area is 117 Å². The first-order valence-electron chi connectivity index (χ1n) is 6.31. The summed E-state index contributed by atoms with van der Waals surface area (Å²) in [6.45, 7) is 1.90. The van der Waals surface area contributed by atoms with E-state index >= 15 is 0 Å². The van der Waals surface area contributed by atoms with Crippen LogP contribution in [0.15, 0.2) is 47.4 Å². The minimum atomic E-state index is -0.309. The highest BCUT2D eigenvalue weighted by atomic mass is 16.2. The maximum Gasteiger partial charge on any atom is 0.255 e. The molecule has 0 aliphatic carbocycles. The lowest BCUT2D eigenvalue weighted by Gasteiger charge is -2.08. The zero-order valence-corrected chi connectivity index (χ0v) is 11.5. The maximum atomic E-state index is 12.0. The van der Waals surface area contributed by atoms with Crippen molar-refractivity contribution in [1.82, 2.24) is 4.57 Å². The number of carbonyl (C=O) groups excluding carboxylic acids is 1. The lowest BCUT2D eigenvalue weighted by Crippen LogP contribution is -2.20. The molecule has 1 amide bonds. The number of carbonyl (C=O) groups is 1. The van der Waals surface area contributed by atoms with Gasteiger partial charge in [-0.3, -0.25) is 9.59 Å². The lowest BCUT2D eigenvalue weighted by molar-refractivity contribution is 0.102.